The first-order valence-electron chi connectivity index (χ1n) is 4.33. The summed E-state index contributed by atoms with van der Waals surface area (Å²) < 4.78 is 0. The molecule has 0 aliphatic heterocycles. The van der Waals surface area contributed by atoms with Gasteiger partial charge in [-0.15, -0.1) is 12.2 Å². The second-order valence-corrected chi connectivity index (χ2v) is 3.29. The molecular weight excluding hydrogens is 295 g/mol. The second kappa shape index (κ2) is 12.3. The van der Waals surface area contributed by atoms with Crippen molar-refractivity contribution in [3.8, 4) is 0 Å². The number of carbonyl (C=O) groups is 3. The predicted octanol–water partition coefficient (Wildman–Crippen LogP) is -5.58. The molecule has 0 saturated heterocycles. The van der Waals surface area contributed by atoms with Crippen LogP contribution in [0.2, 0.25) is 0 Å². The summed E-state index contributed by atoms with van der Waals surface area (Å²) in [7, 11) is 0. The molecule has 0 amide bonds. The molecule has 9 nitrogen and oxygen atoms in total. The Labute approximate surface area is 134 Å². The maximum absolute atomic E-state index is 9.90. The first kappa shape index (κ1) is 23.3. The number of carboxylic acids is 3. The number of rotatable bonds is 6. The molecule has 0 aromatic rings. The molecule has 0 radical (unpaired) electrons. The van der Waals surface area contributed by atoms with Gasteiger partial charge >= 0.3 is 47.5 Å². The third-order valence-electron chi connectivity index (χ3n) is 1.35. The molecule has 0 saturated carbocycles. The molecule has 0 aromatic heterocycles. The van der Waals surface area contributed by atoms with E-state index in [4.69, 9.17) is 25.5 Å². The van der Waals surface area contributed by atoms with Crippen LogP contribution in [0.1, 0.15) is 12.8 Å². The molecule has 2 unspecified atom stereocenters. The summed E-state index contributed by atoms with van der Waals surface area (Å²) in [6, 6.07) is 0. The summed E-state index contributed by atoms with van der Waals surface area (Å²) in [5.41, 5.74) is 0. The first-order chi connectivity index (χ1) is 8.09. The van der Waals surface area contributed by atoms with E-state index in [0.717, 1.165) is 0 Å². The van der Waals surface area contributed by atoms with Crippen molar-refractivity contribution in [3.05, 3.63) is 0 Å². The summed E-state index contributed by atoms with van der Waals surface area (Å²) in [4.78, 5) is 29.2. The predicted molar refractivity (Wildman–Crippen MR) is 56.8 cm³/mol. The van der Waals surface area contributed by atoms with Gasteiger partial charge in [0.1, 0.15) is 0 Å². The van der Waals surface area contributed by atoms with Crippen LogP contribution in [0.3, 0.4) is 0 Å². The van der Waals surface area contributed by atoms with Crippen LogP contribution in [-0.4, -0.2) is 60.7 Å². The second-order valence-electron chi connectivity index (χ2n) is 2.83. The van der Waals surface area contributed by atoms with E-state index in [1.807, 2.05) is 0 Å². The molecule has 0 spiro atoms. The molecular formula is C8H11NaO9S. The van der Waals surface area contributed by atoms with E-state index in [1.165, 1.54) is 0 Å². The summed E-state index contributed by atoms with van der Waals surface area (Å²) >= 11 is 4.10. The Kier molecular flexibility index (Phi) is 15.1. The van der Waals surface area contributed by atoms with E-state index < -0.39 is 35.2 Å². The van der Waals surface area contributed by atoms with Crippen LogP contribution in [0.4, 0.5) is 0 Å². The number of aliphatic carboxylic acids is 3. The summed E-state index contributed by atoms with van der Waals surface area (Å²) in [5, 5.41) is 49.9. The van der Waals surface area contributed by atoms with Crippen LogP contribution in [0.15, 0.2) is 0 Å². The maximum Gasteiger partial charge on any atom is 1.00 e. The van der Waals surface area contributed by atoms with Gasteiger partial charge in [0.05, 0.1) is 0 Å². The summed E-state index contributed by atoms with van der Waals surface area (Å²) in [6.07, 6.45) is -4.72. The number of aliphatic hydroxyl groups excluding tert-OH is 2. The van der Waals surface area contributed by atoms with Gasteiger partial charge in [0.2, 0.25) is 0 Å². The molecule has 0 aliphatic rings. The largest absolute Gasteiger partial charge is 1.00 e. The molecule has 0 bridgehead atoms. The van der Waals surface area contributed by atoms with E-state index in [9.17, 15) is 19.5 Å². The Morgan fingerprint density at radius 2 is 1.26 bits per heavy atom. The molecule has 2 atom stereocenters. The Balaban J connectivity index is -0.000000262. The fourth-order valence-corrected chi connectivity index (χ4v) is 0.581. The van der Waals surface area contributed by atoms with E-state index in [1.54, 1.807) is 0 Å². The first-order valence-corrected chi connectivity index (χ1v) is 4.73. The normalized spacial score (nSPS) is 11.9. The molecule has 5 N–H and O–H groups in total. The molecule has 11 heteroatoms. The average Bonchev–Trinajstić information content (AvgIpc) is 2.24. The fourth-order valence-electron chi connectivity index (χ4n) is 0.479. The third-order valence-corrected chi connectivity index (χ3v) is 1.55. The van der Waals surface area contributed by atoms with Crippen molar-refractivity contribution < 1.29 is 74.6 Å². The minimum Gasteiger partial charge on any atom is -0.867 e. The molecule has 0 aliphatic carbocycles. The number of hydrogen-bond acceptors (Lipinski definition) is 7. The van der Waals surface area contributed by atoms with Crippen LogP contribution >= 0.6 is 12.2 Å². The standard InChI is InChI=1S/C4H6O6.C4H6O3S.Na/c5-1(3(7)8)2(6)4(9)10;5-3(6)1-2-4(7)8;/h1-2,5-6H,(H,7,8)(H,9,10);1-2H2,(H,5,6)(H,7,8);/q;;+1/p-1. The zero-order valence-corrected chi connectivity index (χ0v) is 12.7. The van der Waals surface area contributed by atoms with Crippen molar-refractivity contribution in [1.82, 2.24) is 0 Å². The van der Waals surface area contributed by atoms with Gasteiger partial charge < -0.3 is 30.6 Å². The van der Waals surface area contributed by atoms with Crippen LogP contribution in [0.25, 0.3) is 0 Å². The molecule has 19 heavy (non-hydrogen) atoms. The topological polar surface area (TPSA) is 175 Å². The molecule has 0 aromatic carbocycles. The average molecular weight is 306 g/mol. The van der Waals surface area contributed by atoms with E-state index in [0.29, 0.717) is 0 Å². The quantitative estimate of drug-likeness (QED) is 0.235. The zero-order chi connectivity index (χ0) is 14.9. The minimum absolute atomic E-state index is 0. The van der Waals surface area contributed by atoms with Gasteiger partial charge in [0.15, 0.2) is 12.2 Å². The van der Waals surface area contributed by atoms with Crippen LogP contribution in [0.5, 0.6) is 0 Å². The van der Waals surface area contributed by atoms with Crippen molar-refractivity contribution in [3.63, 3.8) is 0 Å². The van der Waals surface area contributed by atoms with Gasteiger partial charge in [0.25, 0.3) is 0 Å². The van der Waals surface area contributed by atoms with Crippen molar-refractivity contribution in [1.29, 1.82) is 0 Å². The van der Waals surface area contributed by atoms with Gasteiger partial charge in [-0.1, -0.05) is 5.05 Å². The maximum atomic E-state index is 9.90. The van der Waals surface area contributed by atoms with E-state index >= 15 is 0 Å². The van der Waals surface area contributed by atoms with Crippen LogP contribution in [-0.2, 0) is 14.4 Å². The summed E-state index contributed by atoms with van der Waals surface area (Å²) in [5.74, 6) is -4.52. The third kappa shape index (κ3) is 15.2. The van der Waals surface area contributed by atoms with E-state index in [2.05, 4.69) is 12.2 Å². The van der Waals surface area contributed by atoms with Crippen LogP contribution in [0, 0.1) is 0 Å². The van der Waals surface area contributed by atoms with Crippen molar-refractivity contribution >= 4 is 35.2 Å². The smallest absolute Gasteiger partial charge is 0.867 e. The van der Waals surface area contributed by atoms with Crippen LogP contribution < -0.4 is 34.7 Å². The molecule has 0 rings (SSSR count). The van der Waals surface area contributed by atoms with Gasteiger partial charge in [-0.05, 0) is 6.42 Å². The van der Waals surface area contributed by atoms with Gasteiger partial charge in [0, 0.05) is 6.42 Å². The number of aliphatic hydroxyl groups is 2. The Morgan fingerprint density at radius 1 is 0.947 bits per heavy atom. The zero-order valence-electron chi connectivity index (χ0n) is 9.85. The molecule has 0 heterocycles. The van der Waals surface area contributed by atoms with Crippen molar-refractivity contribution in [2.75, 3.05) is 0 Å². The van der Waals surface area contributed by atoms with Gasteiger partial charge in [-0.25, -0.2) is 9.59 Å². The van der Waals surface area contributed by atoms with Crippen molar-refractivity contribution in [2.45, 2.75) is 25.0 Å². The SMILES string of the molecule is O=C(O)C(O)C(O)C(=O)O.O=C(O)CCC([O-])=S.[Na+]. The monoisotopic (exact) mass is 306 g/mol. The Hall–Kier alpha value is -0.780. The molecule has 0 fully saturated rings. The van der Waals surface area contributed by atoms with Gasteiger partial charge in [-0.2, -0.15) is 0 Å². The Morgan fingerprint density at radius 3 is 1.37 bits per heavy atom. The number of hydrogen-bond donors (Lipinski definition) is 5. The number of carboxylic acid groups (broad SMARTS) is 3. The fraction of sp³-hybridized carbons (Fsp3) is 0.500. The van der Waals surface area contributed by atoms with Crippen molar-refractivity contribution in [2.24, 2.45) is 0 Å². The molecule has 104 valence electrons. The van der Waals surface area contributed by atoms with E-state index in [-0.39, 0.29) is 42.4 Å². The number of thiocarbonyl (C=S) groups is 1. The summed E-state index contributed by atoms with van der Waals surface area (Å²) in [6.45, 7) is 0. The minimum atomic E-state index is -2.27. The Bertz CT molecular complexity index is 300. The van der Waals surface area contributed by atoms with Gasteiger partial charge in [-0.3, -0.25) is 4.79 Å².